The number of ether oxygens (including phenoxy) is 1. The number of aromatic nitrogens is 5. The third kappa shape index (κ3) is 2.19. The molecule has 0 aromatic carbocycles. The lowest BCUT2D eigenvalue weighted by atomic mass is 10.2. The van der Waals surface area contributed by atoms with Crippen LogP contribution in [0.15, 0.2) is 10.9 Å². The molecule has 0 bridgehead atoms. The molecule has 2 aromatic heterocycles. The number of fused-ring (bicyclic) bond motifs is 1. The molecule has 0 unspecified atom stereocenters. The summed E-state index contributed by atoms with van der Waals surface area (Å²) < 4.78 is 8.77. The molecule has 7 nitrogen and oxygen atoms in total. The molecule has 7 heteroatoms. The van der Waals surface area contributed by atoms with E-state index in [0.29, 0.717) is 18.2 Å². The number of aryl methyl sites for hydroxylation is 2. The van der Waals surface area contributed by atoms with E-state index in [-0.39, 0.29) is 5.56 Å². The number of hydrogen-bond donors (Lipinski definition) is 0. The second-order valence-electron chi connectivity index (χ2n) is 4.95. The SMILES string of the molecule is COc1nc(C)cc(=O)n1Cc1nnc2n1CCCC2. The molecular formula is C13H17N5O2. The van der Waals surface area contributed by atoms with Gasteiger partial charge in [-0.25, -0.2) is 4.98 Å². The summed E-state index contributed by atoms with van der Waals surface area (Å²) in [5.41, 5.74) is 0.508. The molecule has 0 saturated carbocycles. The molecule has 0 fully saturated rings. The van der Waals surface area contributed by atoms with E-state index < -0.39 is 0 Å². The van der Waals surface area contributed by atoms with Crippen molar-refractivity contribution in [2.24, 2.45) is 0 Å². The summed E-state index contributed by atoms with van der Waals surface area (Å²) in [5, 5.41) is 8.39. The van der Waals surface area contributed by atoms with E-state index in [1.54, 1.807) is 6.92 Å². The van der Waals surface area contributed by atoms with E-state index in [0.717, 1.165) is 37.5 Å². The second kappa shape index (κ2) is 5.07. The average molecular weight is 275 g/mol. The Balaban J connectivity index is 1.99. The van der Waals surface area contributed by atoms with Crippen molar-refractivity contribution < 1.29 is 4.74 Å². The van der Waals surface area contributed by atoms with E-state index in [9.17, 15) is 4.79 Å². The normalized spacial score (nSPS) is 14.1. The van der Waals surface area contributed by atoms with Crippen molar-refractivity contribution >= 4 is 0 Å². The highest BCUT2D eigenvalue weighted by molar-refractivity contribution is 5.09. The second-order valence-corrected chi connectivity index (χ2v) is 4.95. The van der Waals surface area contributed by atoms with Crippen LogP contribution in [0.1, 0.15) is 30.2 Å². The molecule has 20 heavy (non-hydrogen) atoms. The number of nitrogens with zero attached hydrogens (tertiary/aromatic N) is 5. The zero-order valence-electron chi connectivity index (χ0n) is 11.7. The van der Waals surface area contributed by atoms with Crippen molar-refractivity contribution in [3.63, 3.8) is 0 Å². The Morgan fingerprint density at radius 2 is 2.20 bits per heavy atom. The van der Waals surface area contributed by atoms with Gasteiger partial charge in [0.15, 0.2) is 5.82 Å². The first-order valence-corrected chi connectivity index (χ1v) is 6.72. The Hall–Kier alpha value is -2.18. The van der Waals surface area contributed by atoms with Crippen molar-refractivity contribution in [2.75, 3.05) is 7.11 Å². The zero-order valence-corrected chi connectivity index (χ0v) is 11.7. The van der Waals surface area contributed by atoms with Crippen LogP contribution in [0.25, 0.3) is 0 Å². The van der Waals surface area contributed by atoms with E-state index in [1.807, 2.05) is 0 Å². The molecule has 1 aliphatic heterocycles. The highest BCUT2D eigenvalue weighted by Crippen LogP contribution is 2.15. The average Bonchev–Trinajstić information content (AvgIpc) is 2.85. The lowest BCUT2D eigenvalue weighted by Gasteiger charge is -2.16. The standard InChI is InChI=1S/C13H17N5O2/c1-9-7-12(19)18(13(14-9)20-2)8-11-16-15-10-5-3-4-6-17(10)11/h7H,3-6,8H2,1-2H3. The first kappa shape index (κ1) is 12.8. The van der Waals surface area contributed by atoms with Gasteiger partial charge >= 0.3 is 0 Å². The van der Waals surface area contributed by atoms with E-state index in [2.05, 4.69) is 19.7 Å². The van der Waals surface area contributed by atoms with Gasteiger partial charge in [-0.1, -0.05) is 0 Å². The van der Waals surface area contributed by atoms with Crippen molar-refractivity contribution in [2.45, 2.75) is 39.3 Å². The van der Waals surface area contributed by atoms with E-state index in [1.165, 1.54) is 17.7 Å². The molecule has 106 valence electrons. The van der Waals surface area contributed by atoms with Crippen LogP contribution in [-0.2, 0) is 19.5 Å². The minimum Gasteiger partial charge on any atom is -0.468 e. The predicted molar refractivity (Wildman–Crippen MR) is 71.8 cm³/mol. The molecule has 3 rings (SSSR count). The Morgan fingerprint density at radius 3 is 3.00 bits per heavy atom. The number of hydrogen-bond acceptors (Lipinski definition) is 5. The lowest BCUT2D eigenvalue weighted by Crippen LogP contribution is -2.25. The summed E-state index contributed by atoms with van der Waals surface area (Å²) in [7, 11) is 1.51. The van der Waals surface area contributed by atoms with Crippen LogP contribution in [0.4, 0.5) is 0 Å². The first-order chi connectivity index (χ1) is 9.69. The fourth-order valence-electron chi connectivity index (χ4n) is 2.52. The molecule has 0 radical (unpaired) electrons. The smallest absolute Gasteiger partial charge is 0.299 e. The van der Waals surface area contributed by atoms with Gasteiger partial charge in [0, 0.05) is 24.7 Å². The molecule has 3 heterocycles. The molecule has 0 saturated heterocycles. The fourth-order valence-corrected chi connectivity index (χ4v) is 2.52. The Kier molecular flexibility index (Phi) is 3.25. The molecule has 2 aromatic rings. The van der Waals surface area contributed by atoms with Gasteiger partial charge in [-0.15, -0.1) is 10.2 Å². The number of rotatable bonds is 3. The van der Waals surface area contributed by atoms with Crippen molar-refractivity contribution in [3.05, 3.63) is 33.8 Å². The first-order valence-electron chi connectivity index (χ1n) is 6.72. The van der Waals surface area contributed by atoms with Gasteiger partial charge in [-0.2, -0.15) is 0 Å². The summed E-state index contributed by atoms with van der Waals surface area (Å²) in [6.07, 6.45) is 3.22. The third-order valence-corrected chi connectivity index (χ3v) is 3.52. The van der Waals surface area contributed by atoms with Crippen molar-refractivity contribution in [1.82, 2.24) is 24.3 Å². The maximum absolute atomic E-state index is 12.1. The van der Waals surface area contributed by atoms with Gasteiger partial charge in [0.2, 0.25) is 0 Å². The maximum atomic E-state index is 12.1. The maximum Gasteiger partial charge on any atom is 0.299 e. The quantitative estimate of drug-likeness (QED) is 0.817. The van der Waals surface area contributed by atoms with Crippen LogP contribution >= 0.6 is 0 Å². The summed E-state index contributed by atoms with van der Waals surface area (Å²) in [5.74, 6) is 1.78. The van der Waals surface area contributed by atoms with E-state index >= 15 is 0 Å². The van der Waals surface area contributed by atoms with Crippen molar-refractivity contribution in [3.8, 4) is 6.01 Å². The summed E-state index contributed by atoms with van der Waals surface area (Å²) in [6.45, 7) is 3.02. The van der Waals surface area contributed by atoms with Crippen LogP contribution in [0.5, 0.6) is 6.01 Å². The fraction of sp³-hybridized carbons (Fsp3) is 0.538. The van der Waals surface area contributed by atoms with Gasteiger partial charge in [-0.3, -0.25) is 9.36 Å². The largest absolute Gasteiger partial charge is 0.468 e. The summed E-state index contributed by atoms with van der Waals surface area (Å²) >= 11 is 0. The molecule has 0 atom stereocenters. The molecule has 1 aliphatic rings. The minimum atomic E-state index is -0.137. The minimum absolute atomic E-state index is 0.137. The van der Waals surface area contributed by atoms with Crippen LogP contribution < -0.4 is 10.3 Å². The highest BCUT2D eigenvalue weighted by atomic mass is 16.5. The van der Waals surface area contributed by atoms with Gasteiger partial charge < -0.3 is 9.30 Å². The highest BCUT2D eigenvalue weighted by Gasteiger charge is 2.18. The van der Waals surface area contributed by atoms with Crippen LogP contribution in [0.3, 0.4) is 0 Å². The Morgan fingerprint density at radius 1 is 1.35 bits per heavy atom. The van der Waals surface area contributed by atoms with Crippen LogP contribution in [-0.4, -0.2) is 31.4 Å². The summed E-state index contributed by atoms with van der Waals surface area (Å²) in [6, 6.07) is 1.80. The monoisotopic (exact) mass is 275 g/mol. The zero-order chi connectivity index (χ0) is 14.1. The van der Waals surface area contributed by atoms with Gasteiger partial charge in [0.05, 0.1) is 13.7 Å². The van der Waals surface area contributed by atoms with Crippen LogP contribution in [0.2, 0.25) is 0 Å². The van der Waals surface area contributed by atoms with Crippen LogP contribution in [0, 0.1) is 6.92 Å². The Labute approximate surface area is 116 Å². The number of methoxy groups -OCH3 is 1. The van der Waals surface area contributed by atoms with Gasteiger partial charge in [0.25, 0.3) is 11.6 Å². The van der Waals surface area contributed by atoms with Gasteiger partial charge in [-0.05, 0) is 19.8 Å². The third-order valence-electron chi connectivity index (χ3n) is 3.52. The topological polar surface area (TPSA) is 74.8 Å². The molecule has 0 N–H and O–H groups in total. The van der Waals surface area contributed by atoms with Gasteiger partial charge in [0.1, 0.15) is 5.82 Å². The van der Waals surface area contributed by atoms with Crippen molar-refractivity contribution in [1.29, 1.82) is 0 Å². The lowest BCUT2D eigenvalue weighted by molar-refractivity contribution is 0.346. The van der Waals surface area contributed by atoms with E-state index in [4.69, 9.17) is 4.74 Å². The molecule has 0 aliphatic carbocycles. The molecule has 0 spiro atoms. The molecular weight excluding hydrogens is 258 g/mol. The Bertz CT molecular complexity index is 689. The molecule has 0 amide bonds. The summed E-state index contributed by atoms with van der Waals surface area (Å²) in [4.78, 5) is 16.3. The predicted octanol–water partition coefficient (Wildman–Crippen LogP) is 0.536.